The van der Waals surface area contributed by atoms with E-state index in [1.165, 1.54) is 65.0 Å². The second kappa shape index (κ2) is 7.34. The summed E-state index contributed by atoms with van der Waals surface area (Å²) in [6.45, 7) is 0. The third-order valence-electron chi connectivity index (χ3n) is 7.52. The van der Waals surface area contributed by atoms with Gasteiger partial charge >= 0.3 is 0 Å². The van der Waals surface area contributed by atoms with E-state index in [2.05, 4.69) is 113 Å². The van der Waals surface area contributed by atoms with Gasteiger partial charge in [0.25, 0.3) is 0 Å². The highest BCUT2D eigenvalue weighted by molar-refractivity contribution is 6.29. The lowest BCUT2D eigenvalue weighted by molar-refractivity contribution is 1.18. The van der Waals surface area contributed by atoms with Gasteiger partial charge in [-0.1, -0.05) is 103 Å². The quantitative estimate of drug-likeness (QED) is 0.192. The van der Waals surface area contributed by atoms with Crippen LogP contribution in [0.5, 0.6) is 0 Å². The molecule has 0 aliphatic heterocycles. The topological polar surface area (TPSA) is 25.8 Å². The van der Waals surface area contributed by atoms with Crippen molar-refractivity contribution in [2.24, 2.45) is 0 Å². The number of aromatic nitrogens is 2. The minimum atomic E-state index is 0.756. The highest BCUT2D eigenvalue weighted by Gasteiger charge is 2.20. The molecule has 0 amide bonds. The molecule has 2 nitrogen and oxygen atoms in total. The van der Waals surface area contributed by atoms with Crippen molar-refractivity contribution in [2.75, 3.05) is 0 Å². The standard InChI is InChI=1S/C34H20N2/c1-3-11-26-24(9-1)32(25-10-2-4-12-27(25)33(26)34-35-19-6-20-36-34)29-18-16-23-14-13-21-7-5-8-22-15-17-28(29)31(23)30(21)22/h1-20H. The van der Waals surface area contributed by atoms with Crippen LogP contribution in [-0.2, 0) is 0 Å². The molecule has 8 rings (SSSR count). The summed E-state index contributed by atoms with van der Waals surface area (Å²) >= 11 is 0. The van der Waals surface area contributed by atoms with Gasteiger partial charge in [-0.05, 0) is 71.1 Å². The maximum Gasteiger partial charge on any atom is 0.160 e. The number of benzene rings is 7. The van der Waals surface area contributed by atoms with Crippen LogP contribution in [0.15, 0.2) is 122 Å². The summed E-state index contributed by atoms with van der Waals surface area (Å²) in [5.41, 5.74) is 3.61. The van der Waals surface area contributed by atoms with E-state index >= 15 is 0 Å². The summed E-state index contributed by atoms with van der Waals surface area (Å²) in [4.78, 5) is 9.29. The smallest absolute Gasteiger partial charge is 0.160 e. The number of nitrogens with zero attached hydrogens (tertiary/aromatic N) is 2. The number of fused-ring (bicyclic) bond motifs is 2. The van der Waals surface area contributed by atoms with Crippen molar-refractivity contribution in [3.8, 4) is 22.5 Å². The molecule has 0 saturated heterocycles. The Morgan fingerprint density at radius 3 is 1.53 bits per heavy atom. The zero-order valence-corrected chi connectivity index (χ0v) is 19.4. The SMILES string of the molecule is c1cnc(-c2c3ccccc3c(-c3ccc4ccc5cccc6ccc3c4c56)c3ccccc23)nc1. The van der Waals surface area contributed by atoms with Gasteiger partial charge in [0.2, 0.25) is 0 Å². The number of hydrogen-bond acceptors (Lipinski definition) is 2. The van der Waals surface area contributed by atoms with Gasteiger partial charge in [0.15, 0.2) is 5.82 Å². The van der Waals surface area contributed by atoms with Crippen molar-refractivity contribution < 1.29 is 0 Å². The summed E-state index contributed by atoms with van der Waals surface area (Å²) in [5.74, 6) is 0.756. The van der Waals surface area contributed by atoms with Crippen LogP contribution in [0.4, 0.5) is 0 Å². The minimum absolute atomic E-state index is 0.756. The van der Waals surface area contributed by atoms with E-state index < -0.39 is 0 Å². The minimum Gasteiger partial charge on any atom is -0.237 e. The second-order valence-corrected chi connectivity index (χ2v) is 9.38. The van der Waals surface area contributed by atoms with Gasteiger partial charge in [0.1, 0.15) is 0 Å². The number of hydrogen-bond donors (Lipinski definition) is 0. The van der Waals surface area contributed by atoms with Gasteiger partial charge in [-0.15, -0.1) is 0 Å². The molecule has 0 radical (unpaired) electrons. The lowest BCUT2D eigenvalue weighted by Gasteiger charge is -2.19. The van der Waals surface area contributed by atoms with Crippen LogP contribution >= 0.6 is 0 Å². The molecule has 0 unspecified atom stereocenters. The van der Waals surface area contributed by atoms with Crippen LogP contribution < -0.4 is 0 Å². The summed E-state index contributed by atoms with van der Waals surface area (Å²) < 4.78 is 0. The van der Waals surface area contributed by atoms with Gasteiger partial charge in [-0.25, -0.2) is 9.97 Å². The first-order chi connectivity index (χ1) is 17.9. The zero-order valence-electron chi connectivity index (χ0n) is 19.4. The first-order valence-corrected chi connectivity index (χ1v) is 12.3. The van der Waals surface area contributed by atoms with Gasteiger partial charge in [-0.3, -0.25) is 0 Å². The Labute approximate surface area is 207 Å². The van der Waals surface area contributed by atoms with E-state index in [-0.39, 0.29) is 0 Å². The number of rotatable bonds is 2. The van der Waals surface area contributed by atoms with Crippen molar-refractivity contribution in [3.05, 3.63) is 122 Å². The fourth-order valence-electron chi connectivity index (χ4n) is 6.04. The highest BCUT2D eigenvalue weighted by Crippen LogP contribution is 2.46. The molecule has 0 atom stereocenters. The average molecular weight is 457 g/mol. The molecule has 1 aromatic heterocycles. The van der Waals surface area contributed by atoms with Crippen molar-refractivity contribution in [3.63, 3.8) is 0 Å². The Balaban J connectivity index is 1.59. The summed E-state index contributed by atoms with van der Waals surface area (Å²) in [7, 11) is 0. The largest absolute Gasteiger partial charge is 0.237 e. The monoisotopic (exact) mass is 456 g/mol. The third kappa shape index (κ3) is 2.61. The zero-order chi connectivity index (χ0) is 23.6. The predicted octanol–water partition coefficient (Wildman–Crippen LogP) is 9.01. The van der Waals surface area contributed by atoms with Crippen molar-refractivity contribution in [1.82, 2.24) is 9.97 Å². The fourth-order valence-corrected chi connectivity index (χ4v) is 6.04. The van der Waals surface area contributed by atoms with E-state index in [0.717, 1.165) is 11.4 Å². The maximum absolute atomic E-state index is 4.65. The van der Waals surface area contributed by atoms with Crippen LogP contribution in [-0.4, -0.2) is 9.97 Å². The van der Waals surface area contributed by atoms with E-state index in [0.29, 0.717) is 0 Å². The molecule has 0 bridgehead atoms. The summed E-state index contributed by atoms with van der Waals surface area (Å²) in [5, 5.41) is 12.6. The Morgan fingerprint density at radius 1 is 0.361 bits per heavy atom. The van der Waals surface area contributed by atoms with E-state index in [9.17, 15) is 0 Å². The van der Waals surface area contributed by atoms with Crippen LogP contribution in [0.25, 0.3) is 76.4 Å². The molecule has 8 aromatic rings. The Bertz CT molecular complexity index is 2020. The predicted molar refractivity (Wildman–Crippen MR) is 152 cm³/mol. The normalized spacial score (nSPS) is 11.9. The summed E-state index contributed by atoms with van der Waals surface area (Å²) in [6, 6.07) is 39.4. The Hall–Kier alpha value is -4.82. The molecule has 0 spiro atoms. The van der Waals surface area contributed by atoms with Gasteiger partial charge in [0, 0.05) is 18.0 Å². The summed E-state index contributed by atoms with van der Waals surface area (Å²) in [6.07, 6.45) is 3.64. The Kier molecular flexibility index (Phi) is 3.97. The lowest BCUT2D eigenvalue weighted by Crippen LogP contribution is -1.94. The molecule has 0 aliphatic rings. The lowest BCUT2D eigenvalue weighted by atomic mass is 9.84. The van der Waals surface area contributed by atoms with E-state index in [1.807, 2.05) is 18.5 Å². The highest BCUT2D eigenvalue weighted by atomic mass is 14.9. The van der Waals surface area contributed by atoms with E-state index in [1.54, 1.807) is 0 Å². The van der Waals surface area contributed by atoms with Crippen LogP contribution in [0, 0.1) is 0 Å². The molecule has 7 aromatic carbocycles. The molecular weight excluding hydrogens is 436 g/mol. The third-order valence-corrected chi connectivity index (χ3v) is 7.52. The van der Waals surface area contributed by atoms with Gasteiger partial charge in [0.05, 0.1) is 0 Å². The first kappa shape index (κ1) is 19.5. The molecular formula is C34H20N2. The average Bonchev–Trinajstić information content (AvgIpc) is 2.95. The van der Waals surface area contributed by atoms with E-state index in [4.69, 9.17) is 0 Å². The maximum atomic E-state index is 4.65. The fraction of sp³-hybridized carbons (Fsp3) is 0. The molecule has 166 valence electrons. The van der Waals surface area contributed by atoms with Gasteiger partial charge < -0.3 is 0 Å². The van der Waals surface area contributed by atoms with Crippen LogP contribution in [0.3, 0.4) is 0 Å². The van der Waals surface area contributed by atoms with Crippen LogP contribution in [0.2, 0.25) is 0 Å². The molecule has 0 aliphatic carbocycles. The van der Waals surface area contributed by atoms with Crippen molar-refractivity contribution >= 4 is 53.9 Å². The Morgan fingerprint density at radius 2 is 0.889 bits per heavy atom. The van der Waals surface area contributed by atoms with Crippen LogP contribution in [0.1, 0.15) is 0 Å². The molecule has 1 heterocycles. The molecule has 2 heteroatoms. The molecule has 0 saturated carbocycles. The van der Waals surface area contributed by atoms with Crippen molar-refractivity contribution in [1.29, 1.82) is 0 Å². The van der Waals surface area contributed by atoms with Gasteiger partial charge in [-0.2, -0.15) is 0 Å². The van der Waals surface area contributed by atoms with Crippen molar-refractivity contribution in [2.45, 2.75) is 0 Å². The molecule has 0 fully saturated rings. The second-order valence-electron chi connectivity index (χ2n) is 9.38. The molecule has 36 heavy (non-hydrogen) atoms. The molecule has 0 N–H and O–H groups in total. The first-order valence-electron chi connectivity index (χ1n) is 12.3.